The number of rotatable bonds is 6. The highest BCUT2D eigenvalue weighted by molar-refractivity contribution is 7.80. The molecule has 1 saturated heterocycles. The Balaban J connectivity index is 2.35. The van der Waals surface area contributed by atoms with Crippen LogP contribution in [0.5, 0.6) is 0 Å². The monoisotopic (exact) mass is 271 g/mol. The van der Waals surface area contributed by atoms with Gasteiger partial charge in [-0.25, -0.2) is 0 Å². The van der Waals surface area contributed by atoms with Gasteiger partial charge in [0.2, 0.25) is 5.91 Å². The number of carbonyl (C=O) groups is 1. The first-order chi connectivity index (χ1) is 8.17. The van der Waals surface area contributed by atoms with Crippen LogP contribution in [-0.2, 0) is 4.79 Å². The van der Waals surface area contributed by atoms with E-state index in [1.165, 1.54) is 0 Å². The van der Waals surface area contributed by atoms with Crippen molar-refractivity contribution >= 4 is 23.1 Å². The summed E-state index contributed by atoms with van der Waals surface area (Å²) in [5.41, 5.74) is 10.7. The van der Waals surface area contributed by atoms with Gasteiger partial charge in [0.25, 0.3) is 0 Å². The highest BCUT2D eigenvalue weighted by Gasteiger charge is 2.38. The number of nitrogens with two attached hydrogens (primary N) is 2. The molecule has 1 aliphatic rings. The van der Waals surface area contributed by atoms with Gasteiger partial charge in [-0.2, -0.15) is 0 Å². The third-order valence-electron chi connectivity index (χ3n) is 4.09. The van der Waals surface area contributed by atoms with Gasteiger partial charge in [0.15, 0.2) is 0 Å². The Bertz CT molecular complexity index is 343. The van der Waals surface area contributed by atoms with Crippen LogP contribution in [0.25, 0.3) is 0 Å². The lowest BCUT2D eigenvalue weighted by Crippen LogP contribution is -2.37. The number of amides is 1. The highest BCUT2D eigenvalue weighted by Crippen LogP contribution is 2.30. The van der Waals surface area contributed by atoms with Crippen LogP contribution in [0.3, 0.4) is 0 Å². The summed E-state index contributed by atoms with van der Waals surface area (Å²) in [7, 11) is 0. The van der Waals surface area contributed by atoms with E-state index in [0.29, 0.717) is 4.99 Å². The van der Waals surface area contributed by atoms with Crippen LogP contribution in [0.1, 0.15) is 40.0 Å². The number of likely N-dealkylation sites (tertiary alicyclic amines) is 1. The van der Waals surface area contributed by atoms with Gasteiger partial charge in [-0.05, 0) is 39.3 Å². The molecule has 1 unspecified atom stereocenters. The van der Waals surface area contributed by atoms with Crippen LogP contribution in [-0.4, -0.2) is 35.4 Å². The van der Waals surface area contributed by atoms with Gasteiger partial charge in [-0.1, -0.05) is 26.1 Å². The quantitative estimate of drug-likeness (QED) is 0.714. The van der Waals surface area contributed by atoms with E-state index in [4.69, 9.17) is 23.7 Å². The second-order valence-corrected chi connectivity index (χ2v) is 6.74. The van der Waals surface area contributed by atoms with Crippen LogP contribution < -0.4 is 11.5 Å². The molecule has 0 aliphatic carbocycles. The van der Waals surface area contributed by atoms with Gasteiger partial charge in [0.05, 0.1) is 10.4 Å². The largest absolute Gasteiger partial charge is 0.393 e. The van der Waals surface area contributed by atoms with E-state index < -0.39 is 0 Å². The Morgan fingerprint density at radius 1 is 1.44 bits per heavy atom. The minimum Gasteiger partial charge on any atom is -0.393 e. The Morgan fingerprint density at radius 3 is 2.50 bits per heavy atom. The molecule has 0 aromatic rings. The maximum absolute atomic E-state index is 11.4. The minimum absolute atomic E-state index is 0.0813. The van der Waals surface area contributed by atoms with Gasteiger partial charge >= 0.3 is 0 Å². The maximum Gasteiger partial charge on any atom is 0.224 e. The summed E-state index contributed by atoms with van der Waals surface area (Å²) in [6, 6.07) is 0. The van der Waals surface area contributed by atoms with Crippen LogP contribution in [0.4, 0.5) is 0 Å². The third kappa shape index (κ3) is 3.65. The number of primary amides is 1. The molecule has 4 nitrogen and oxygen atoms in total. The molecule has 0 aromatic carbocycles. The molecule has 104 valence electrons. The molecule has 0 spiro atoms. The molecule has 1 fully saturated rings. The van der Waals surface area contributed by atoms with Crippen LogP contribution in [0.2, 0.25) is 0 Å². The summed E-state index contributed by atoms with van der Waals surface area (Å²) >= 11 is 5.05. The van der Waals surface area contributed by atoms with Crippen LogP contribution in [0.15, 0.2) is 0 Å². The summed E-state index contributed by atoms with van der Waals surface area (Å²) in [4.78, 5) is 14.2. The molecule has 1 heterocycles. The normalized spacial score (nSPS) is 25.3. The predicted octanol–water partition coefficient (Wildman–Crippen LogP) is 1.28. The van der Waals surface area contributed by atoms with Gasteiger partial charge in [-0.15, -0.1) is 0 Å². The summed E-state index contributed by atoms with van der Waals surface area (Å²) in [6.45, 7) is 8.81. The molecule has 0 bridgehead atoms. The van der Waals surface area contributed by atoms with E-state index in [9.17, 15) is 4.79 Å². The first kappa shape index (κ1) is 15.4. The van der Waals surface area contributed by atoms with Crippen molar-refractivity contribution in [3.05, 3.63) is 0 Å². The number of hydrogen-bond donors (Lipinski definition) is 2. The average molecular weight is 271 g/mol. The zero-order chi connectivity index (χ0) is 14.0. The first-order valence-electron chi connectivity index (χ1n) is 6.49. The molecule has 1 atom stereocenters. The second-order valence-electron chi connectivity index (χ2n) is 6.30. The fourth-order valence-corrected chi connectivity index (χ4v) is 2.42. The van der Waals surface area contributed by atoms with Crippen LogP contribution >= 0.6 is 12.2 Å². The summed E-state index contributed by atoms with van der Waals surface area (Å²) in [5.74, 6) is -0.187. The van der Waals surface area contributed by atoms with Gasteiger partial charge in [0.1, 0.15) is 0 Å². The topological polar surface area (TPSA) is 72.3 Å². The Morgan fingerprint density at radius 2 is 2.06 bits per heavy atom. The molecule has 1 rings (SSSR count). The zero-order valence-electron chi connectivity index (χ0n) is 11.7. The number of nitrogens with zero attached hydrogens (tertiary/aromatic N) is 1. The van der Waals surface area contributed by atoms with E-state index in [-0.39, 0.29) is 16.7 Å². The van der Waals surface area contributed by atoms with Crippen molar-refractivity contribution in [3.8, 4) is 0 Å². The number of hydrogen-bond acceptors (Lipinski definition) is 3. The minimum atomic E-state index is -0.349. The fourth-order valence-electron chi connectivity index (χ4n) is 2.32. The average Bonchev–Trinajstić information content (AvgIpc) is 2.61. The molecule has 1 aliphatic heterocycles. The Hall–Kier alpha value is -0.680. The molecule has 1 amide bonds. The Labute approximate surface area is 115 Å². The highest BCUT2D eigenvalue weighted by atomic mass is 32.1. The molecule has 0 radical (unpaired) electrons. The van der Waals surface area contributed by atoms with Crippen molar-refractivity contribution in [1.82, 2.24) is 4.90 Å². The van der Waals surface area contributed by atoms with E-state index in [0.717, 1.165) is 38.9 Å². The van der Waals surface area contributed by atoms with Crippen molar-refractivity contribution in [2.75, 3.05) is 19.6 Å². The number of carbonyl (C=O) groups excluding carboxylic acids is 1. The van der Waals surface area contributed by atoms with Gasteiger partial charge in [-0.3, -0.25) is 4.79 Å². The van der Waals surface area contributed by atoms with Crippen molar-refractivity contribution in [1.29, 1.82) is 0 Å². The molecule has 4 N–H and O–H groups in total. The molecule has 5 heteroatoms. The lowest BCUT2D eigenvalue weighted by molar-refractivity contribution is -0.126. The van der Waals surface area contributed by atoms with E-state index in [2.05, 4.69) is 18.7 Å². The lowest BCUT2D eigenvalue weighted by Gasteiger charge is -2.25. The summed E-state index contributed by atoms with van der Waals surface area (Å²) < 4.78 is 0. The third-order valence-corrected chi connectivity index (χ3v) is 4.64. The SMILES string of the molecule is CC(C)(CCCN1CCC(C)(C(N)=O)C1)C(N)=S. The molecule has 0 saturated carbocycles. The maximum atomic E-state index is 11.4. The van der Waals surface area contributed by atoms with Gasteiger partial charge < -0.3 is 16.4 Å². The molecular weight excluding hydrogens is 246 g/mol. The Kier molecular flexibility index (Phi) is 4.72. The van der Waals surface area contributed by atoms with Crippen molar-refractivity contribution in [2.24, 2.45) is 22.3 Å². The fraction of sp³-hybridized carbons (Fsp3) is 0.846. The molecular formula is C13H25N3OS. The van der Waals surface area contributed by atoms with E-state index >= 15 is 0 Å². The molecule has 0 aromatic heterocycles. The van der Waals surface area contributed by atoms with Gasteiger partial charge in [0, 0.05) is 12.0 Å². The van der Waals surface area contributed by atoms with E-state index in [1.807, 2.05) is 6.92 Å². The zero-order valence-corrected chi connectivity index (χ0v) is 12.5. The lowest BCUT2D eigenvalue weighted by atomic mass is 9.87. The second kappa shape index (κ2) is 5.53. The van der Waals surface area contributed by atoms with Crippen LogP contribution in [0, 0.1) is 10.8 Å². The number of thiocarbonyl (C=S) groups is 1. The summed E-state index contributed by atoms with van der Waals surface area (Å²) in [5, 5.41) is 0. The molecule has 18 heavy (non-hydrogen) atoms. The predicted molar refractivity (Wildman–Crippen MR) is 78.2 cm³/mol. The smallest absolute Gasteiger partial charge is 0.224 e. The van der Waals surface area contributed by atoms with Crippen molar-refractivity contribution in [2.45, 2.75) is 40.0 Å². The van der Waals surface area contributed by atoms with Crippen molar-refractivity contribution < 1.29 is 4.79 Å². The van der Waals surface area contributed by atoms with E-state index in [1.54, 1.807) is 0 Å². The summed E-state index contributed by atoms with van der Waals surface area (Å²) in [6.07, 6.45) is 2.88. The standard InChI is InChI=1S/C13H25N3OS/c1-12(2,11(15)18)5-4-7-16-8-6-13(3,9-16)10(14)17/h4-9H2,1-3H3,(H2,14,17)(H2,15,18). The van der Waals surface area contributed by atoms with Crippen molar-refractivity contribution in [3.63, 3.8) is 0 Å². The first-order valence-corrected chi connectivity index (χ1v) is 6.90.